The van der Waals surface area contributed by atoms with Crippen LogP contribution < -0.4 is 0 Å². The molecule has 6 nitrogen and oxygen atoms in total. The Morgan fingerprint density at radius 1 is 1.25 bits per heavy atom. The van der Waals surface area contributed by atoms with E-state index in [1.807, 2.05) is 6.92 Å². The molecule has 8 atom stereocenters. The number of carbonyl (C=O) groups excluding carboxylic acids is 4. The molecule has 3 aliphatic rings. The Bertz CT molecular complexity index is 684. The molecule has 0 saturated heterocycles. The number of aldehydes is 1. The molecule has 0 spiro atoms. The van der Waals surface area contributed by atoms with Gasteiger partial charge in [-0.25, -0.2) is 0 Å². The highest BCUT2D eigenvalue weighted by atomic mass is 79.9. The van der Waals surface area contributed by atoms with Crippen molar-refractivity contribution in [1.29, 1.82) is 0 Å². The first-order chi connectivity index (χ1) is 13.1. The molecule has 7 heteroatoms. The number of fused-ring (bicyclic) bond motifs is 3. The largest absolute Gasteiger partial charge is 0.468 e. The van der Waals surface area contributed by atoms with Crippen LogP contribution in [-0.4, -0.2) is 42.0 Å². The number of esters is 2. The van der Waals surface area contributed by atoms with Crippen LogP contribution in [0.25, 0.3) is 0 Å². The van der Waals surface area contributed by atoms with E-state index < -0.39 is 29.4 Å². The zero-order valence-corrected chi connectivity index (χ0v) is 18.5. The molecule has 3 rings (SSSR count). The Kier molecular flexibility index (Phi) is 5.78. The lowest BCUT2D eigenvalue weighted by molar-refractivity contribution is -0.184. The maximum atomic E-state index is 12.7. The summed E-state index contributed by atoms with van der Waals surface area (Å²) in [6.45, 7) is 5.48. The standard InChI is InChI=1S/C21H29BrO6/c1-11(24)28-18-12-9-20(2,10-23)7-5-13(12)21(3)8-6-14(25)15(19(26)27-4)16(21)17(18)22/h10,12-13,15-18H,5-9H2,1-4H3/t12-,13-,15-,16-,17-,18-,20-,21-/m1/s1. The van der Waals surface area contributed by atoms with Gasteiger partial charge in [-0.15, -0.1) is 0 Å². The predicted molar refractivity (Wildman–Crippen MR) is 105 cm³/mol. The summed E-state index contributed by atoms with van der Waals surface area (Å²) in [5.74, 6) is -2.01. The van der Waals surface area contributed by atoms with Gasteiger partial charge in [0.1, 0.15) is 24.1 Å². The van der Waals surface area contributed by atoms with Crippen LogP contribution in [0.5, 0.6) is 0 Å². The van der Waals surface area contributed by atoms with E-state index in [0.29, 0.717) is 19.3 Å². The second kappa shape index (κ2) is 7.54. The van der Waals surface area contributed by atoms with Gasteiger partial charge < -0.3 is 14.3 Å². The molecule has 0 aromatic rings. The van der Waals surface area contributed by atoms with Crippen LogP contribution in [0.3, 0.4) is 0 Å². The van der Waals surface area contributed by atoms with Crippen molar-refractivity contribution in [3.05, 3.63) is 0 Å². The van der Waals surface area contributed by atoms with E-state index in [1.54, 1.807) is 0 Å². The number of methoxy groups -OCH3 is 1. The third-order valence-corrected chi connectivity index (χ3v) is 8.68. The van der Waals surface area contributed by atoms with Gasteiger partial charge in [-0.2, -0.15) is 0 Å². The number of rotatable bonds is 3. The van der Waals surface area contributed by atoms with E-state index in [0.717, 1.165) is 19.1 Å². The monoisotopic (exact) mass is 456 g/mol. The van der Waals surface area contributed by atoms with Gasteiger partial charge in [-0.1, -0.05) is 29.8 Å². The number of ether oxygens (including phenoxy) is 2. The summed E-state index contributed by atoms with van der Waals surface area (Å²) in [6.07, 6.45) is 3.78. The molecule has 3 aliphatic carbocycles. The molecule has 0 aromatic carbocycles. The lowest BCUT2D eigenvalue weighted by Crippen LogP contribution is -2.64. The Morgan fingerprint density at radius 2 is 1.93 bits per heavy atom. The minimum Gasteiger partial charge on any atom is -0.468 e. The smallest absolute Gasteiger partial charge is 0.316 e. The number of Topliss-reactive ketones (excluding diaryl/α,β-unsaturated/α-hetero) is 1. The number of hydrogen-bond donors (Lipinski definition) is 0. The summed E-state index contributed by atoms with van der Waals surface area (Å²) >= 11 is 3.72. The Morgan fingerprint density at radius 3 is 2.50 bits per heavy atom. The number of carbonyl (C=O) groups is 4. The van der Waals surface area contributed by atoms with E-state index in [9.17, 15) is 19.2 Å². The van der Waals surface area contributed by atoms with Crippen LogP contribution >= 0.6 is 15.9 Å². The van der Waals surface area contributed by atoms with Crippen LogP contribution in [0.2, 0.25) is 0 Å². The molecule has 0 unspecified atom stereocenters. The lowest BCUT2D eigenvalue weighted by Gasteiger charge is -2.61. The first kappa shape index (κ1) is 21.5. The van der Waals surface area contributed by atoms with Gasteiger partial charge in [-0.05, 0) is 37.0 Å². The van der Waals surface area contributed by atoms with Gasteiger partial charge in [0.15, 0.2) is 0 Å². The maximum absolute atomic E-state index is 12.7. The normalized spacial score (nSPS) is 45.4. The van der Waals surface area contributed by atoms with E-state index in [4.69, 9.17) is 9.47 Å². The summed E-state index contributed by atoms with van der Waals surface area (Å²) in [7, 11) is 1.30. The average Bonchev–Trinajstić information content (AvgIpc) is 2.65. The Labute approximate surface area is 174 Å². The van der Waals surface area contributed by atoms with Crippen LogP contribution in [0.4, 0.5) is 0 Å². The number of ketones is 1. The molecular formula is C21H29BrO6. The molecule has 156 valence electrons. The lowest BCUT2D eigenvalue weighted by atomic mass is 9.45. The van der Waals surface area contributed by atoms with Crippen LogP contribution in [0.15, 0.2) is 0 Å². The van der Waals surface area contributed by atoms with Crippen LogP contribution in [0.1, 0.15) is 52.9 Å². The van der Waals surface area contributed by atoms with Gasteiger partial charge in [0.25, 0.3) is 0 Å². The minimum atomic E-state index is -0.855. The molecule has 0 N–H and O–H groups in total. The van der Waals surface area contributed by atoms with Crippen molar-refractivity contribution in [3.8, 4) is 0 Å². The first-order valence-corrected chi connectivity index (χ1v) is 10.9. The number of alkyl halides is 1. The zero-order chi connectivity index (χ0) is 20.9. The summed E-state index contributed by atoms with van der Waals surface area (Å²) < 4.78 is 10.7. The number of halogens is 1. The van der Waals surface area contributed by atoms with Crippen molar-refractivity contribution in [2.24, 2.45) is 34.5 Å². The highest BCUT2D eigenvalue weighted by Gasteiger charge is 2.64. The van der Waals surface area contributed by atoms with Crippen molar-refractivity contribution in [1.82, 2.24) is 0 Å². The average molecular weight is 457 g/mol. The number of hydrogen-bond acceptors (Lipinski definition) is 6. The third-order valence-electron chi connectivity index (χ3n) is 7.59. The van der Waals surface area contributed by atoms with E-state index in [-0.39, 0.29) is 33.8 Å². The van der Waals surface area contributed by atoms with Gasteiger partial charge in [0.05, 0.1) is 11.9 Å². The quantitative estimate of drug-likeness (QED) is 0.280. The van der Waals surface area contributed by atoms with E-state index >= 15 is 0 Å². The summed E-state index contributed by atoms with van der Waals surface area (Å²) in [4.78, 5) is 48.5. The summed E-state index contributed by atoms with van der Waals surface area (Å²) in [6, 6.07) is 0. The van der Waals surface area contributed by atoms with Gasteiger partial charge in [0.2, 0.25) is 0 Å². The SMILES string of the molecule is COC(=O)[C@@H]1C(=O)CC[C@@]2(C)[C@H]1[C@@H](Br)[C@H](OC(C)=O)[C@@H]1C[C@](C)(C=O)CC[C@H]12. The second-order valence-corrected chi connectivity index (χ2v) is 10.4. The van der Waals surface area contributed by atoms with Gasteiger partial charge in [-0.3, -0.25) is 14.4 Å². The summed E-state index contributed by atoms with van der Waals surface area (Å²) in [5.41, 5.74) is -0.714. The fourth-order valence-electron chi connectivity index (χ4n) is 6.22. The molecule has 0 amide bonds. The first-order valence-electron chi connectivity index (χ1n) is 9.96. The molecule has 0 aliphatic heterocycles. The fourth-order valence-corrected chi connectivity index (χ4v) is 7.63. The molecule has 3 fully saturated rings. The summed E-state index contributed by atoms with van der Waals surface area (Å²) in [5, 5.41) is 0. The van der Waals surface area contributed by atoms with E-state index in [2.05, 4.69) is 22.9 Å². The third kappa shape index (κ3) is 3.33. The predicted octanol–water partition coefficient (Wildman–Crippen LogP) is 3.09. The highest BCUT2D eigenvalue weighted by Crippen LogP contribution is 2.63. The van der Waals surface area contributed by atoms with Crippen LogP contribution in [-0.2, 0) is 28.7 Å². The molecule has 0 radical (unpaired) electrons. The molecule has 28 heavy (non-hydrogen) atoms. The second-order valence-electron chi connectivity index (χ2n) is 9.30. The molecular weight excluding hydrogens is 428 g/mol. The van der Waals surface area contributed by atoms with Crippen molar-refractivity contribution in [2.45, 2.75) is 63.8 Å². The van der Waals surface area contributed by atoms with Crippen molar-refractivity contribution < 1.29 is 28.7 Å². The maximum Gasteiger partial charge on any atom is 0.316 e. The van der Waals surface area contributed by atoms with Gasteiger partial charge >= 0.3 is 11.9 Å². The Balaban J connectivity index is 2.07. The minimum absolute atomic E-state index is 0.00461. The topological polar surface area (TPSA) is 86.7 Å². The molecule has 0 heterocycles. The Hall–Kier alpha value is -1.24. The molecule has 0 bridgehead atoms. The highest BCUT2D eigenvalue weighted by molar-refractivity contribution is 9.09. The van der Waals surface area contributed by atoms with Crippen molar-refractivity contribution in [3.63, 3.8) is 0 Å². The zero-order valence-electron chi connectivity index (χ0n) is 16.9. The molecule has 3 saturated carbocycles. The molecule has 0 aromatic heterocycles. The fraction of sp³-hybridized carbons (Fsp3) is 0.810. The van der Waals surface area contributed by atoms with Crippen molar-refractivity contribution in [2.75, 3.05) is 7.11 Å². The van der Waals surface area contributed by atoms with Crippen LogP contribution in [0, 0.1) is 34.5 Å². The van der Waals surface area contributed by atoms with E-state index in [1.165, 1.54) is 14.0 Å². The van der Waals surface area contributed by atoms with Crippen molar-refractivity contribution >= 4 is 39.9 Å². The van der Waals surface area contributed by atoms with Gasteiger partial charge in [0, 0.05) is 30.6 Å².